The Kier molecular flexibility index (Phi) is 8.00. The number of aromatic nitrogens is 2. The molecule has 1 fully saturated rings. The molecule has 196 valence electrons. The van der Waals surface area contributed by atoms with Crippen molar-refractivity contribution in [3.63, 3.8) is 0 Å². The number of nitrogens with zero attached hydrogens (tertiary/aromatic N) is 4. The molecule has 2 amide bonds. The molecule has 2 N–H and O–H groups in total. The van der Waals surface area contributed by atoms with E-state index in [1.165, 1.54) is 45.7 Å². The monoisotopic (exact) mass is 539 g/mol. The van der Waals surface area contributed by atoms with Crippen molar-refractivity contribution in [2.75, 3.05) is 20.0 Å². The number of aryl methyl sites for hydroxylation is 1. The van der Waals surface area contributed by atoms with E-state index in [4.69, 9.17) is 4.74 Å². The maximum absolute atomic E-state index is 13.3. The molecule has 12 nitrogen and oxygen atoms in total. The summed E-state index contributed by atoms with van der Waals surface area (Å²) in [6.45, 7) is 3.47. The Bertz CT molecular complexity index is 1240. The Morgan fingerprint density at radius 2 is 1.89 bits per heavy atom. The molecule has 0 spiro atoms. The second-order valence-corrected chi connectivity index (χ2v) is 12.4. The van der Waals surface area contributed by atoms with Gasteiger partial charge in [-0.05, 0) is 37.6 Å². The lowest BCUT2D eigenvalue weighted by atomic mass is 10.0. The highest BCUT2D eigenvalue weighted by Gasteiger charge is 2.52. The first-order valence-electron chi connectivity index (χ1n) is 10.9. The van der Waals surface area contributed by atoms with Crippen molar-refractivity contribution in [2.45, 2.75) is 42.1 Å². The molecule has 1 aromatic carbocycles. The summed E-state index contributed by atoms with van der Waals surface area (Å²) in [6, 6.07) is 5.11. The van der Waals surface area contributed by atoms with Crippen LogP contribution in [0.4, 0.5) is 4.79 Å². The van der Waals surface area contributed by atoms with Crippen LogP contribution in [0.25, 0.3) is 0 Å². The van der Waals surface area contributed by atoms with E-state index in [9.17, 15) is 27.9 Å². The highest BCUT2D eigenvalue weighted by Crippen LogP contribution is 2.42. The molecular formula is C22H29N5O7S2. The number of carbonyl (C=O) groups excluding carboxylic acids is 2. The number of carboxylic acid groups (broad SMARTS) is 1. The van der Waals surface area contributed by atoms with E-state index in [1.54, 1.807) is 47.1 Å². The molecule has 0 radical (unpaired) electrons. The Labute approximate surface area is 213 Å². The van der Waals surface area contributed by atoms with E-state index < -0.39 is 44.8 Å². The van der Waals surface area contributed by atoms with Gasteiger partial charge in [-0.15, -0.1) is 11.8 Å². The van der Waals surface area contributed by atoms with Gasteiger partial charge in [0.2, 0.25) is 5.91 Å². The van der Waals surface area contributed by atoms with Crippen LogP contribution in [0.3, 0.4) is 0 Å². The zero-order chi connectivity index (χ0) is 26.8. The van der Waals surface area contributed by atoms with Gasteiger partial charge in [0.05, 0.1) is 5.88 Å². The first-order chi connectivity index (χ1) is 16.7. The van der Waals surface area contributed by atoms with E-state index in [0.29, 0.717) is 5.56 Å². The van der Waals surface area contributed by atoms with Crippen molar-refractivity contribution in [1.29, 1.82) is 0 Å². The normalized spacial score (nSPS) is 18.4. The molecule has 0 unspecified atom stereocenters. The van der Waals surface area contributed by atoms with Crippen LogP contribution in [0.2, 0.25) is 0 Å². The molecular weight excluding hydrogens is 510 g/mol. The zero-order valence-electron chi connectivity index (χ0n) is 20.5. The predicted molar refractivity (Wildman–Crippen MR) is 132 cm³/mol. The van der Waals surface area contributed by atoms with Gasteiger partial charge in [-0.25, -0.2) is 18.0 Å². The number of carbonyl (C=O) groups is 3. The van der Waals surface area contributed by atoms with E-state index in [2.05, 4.69) is 10.4 Å². The van der Waals surface area contributed by atoms with Crippen molar-refractivity contribution in [2.24, 2.45) is 7.05 Å². The summed E-state index contributed by atoms with van der Waals surface area (Å²) in [5.41, 5.74) is 0.574. The Morgan fingerprint density at radius 1 is 1.25 bits per heavy atom. The number of thioether (sulfide) groups is 1. The molecule has 1 saturated heterocycles. The molecule has 1 aromatic heterocycles. The average Bonchev–Trinajstić information content (AvgIpc) is 3.37. The van der Waals surface area contributed by atoms with Gasteiger partial charge in [0.15, 0.2) is 5.03 Å². The molecule has 0 bridgehead atoms. The van der Waals surface area contributed by atoms with Crippen LogP contribution >= 0.6 is 11.8 Å². The molecule has 2 atom stereocenters. The van der Waals surface area contributed by atoms with Crippen molar-refractivity contribution < 1.29 is 32.6 Å². The maximum atomic E-state index is 13.3. The Balaban J connectivity index is 1.77. The molecule has 0 saturated carbocycles. The number of hydrogen-bond donors (Lipinski definition) is 2. The van der Waals surface area contributed by atoms with E-state index in [1.807, 2.05) is 0 Å². The van der Waals surface area contributed by atoms with Gasteiger partial charge < -0.3 is 20.1 Å². The standard InChI is InChI=1S/C22H29N5O7S2/c1-22(2)18(27(13-35-22)36(32,33)17-10-11-26(5)24-17)19(28)23-16(20(29)30)12-14-6-8-15(9-7-14)34-21(31)25(3)4/h6-11,16,18H,12-13H2,1-5H3,(H,23,28)(H,29,30)/t16-,18+/m0/s1. The van der Waals surface area contributed by atoms with Gasteiger partial charge in [0.1, 0.15) is 17.8 Å². The van der Waals surface area contributed by atoms with Gasteiger partial charge in [-0.3, -0.25) is 9.48 Å². The Hall–Kier alpha value is -3.10. The van der Waals surface area contributed by atoms with Gasteiger partial charge >= 0.3 is 12.1 Å². The van der Waals surface area contributed by atoms with E-state index in [0.717, 1.165) is 4.31 Å². The van der Waals surface area contributed by atoms with Crippen LogP contribution in [0.15, 0.2) is 41.6 Å². The van der Waals surface area contributed by atoms with Crippen LogP contribution in [0.5, 0.6) is 5.75 Å². The van der Waals surface area contributed by atoms with Crippen LogP contribution in [-0.2, 0) is 33.1 Å². The molecule has 0 aliphatic carbocycles. The summed E-state index contributed by atoms with van der Waals surface area (Å²) in [5.74, 6) is -1.68. The third kappa shape index (κ3) is 5.99. The first-order valence-corrected chi connectivity index (χ1v) is 13.3. The minimum Gasteiger partial charge on any atom is -0.480 e. The van der Waals surface area contributed by atoms with Crippen LogP contribution in [0.1, 0.15) is 19.4 Å². The van der Waals surface area contributed by atoms with Crippen molar-refractivity contribution in [1.82, 2.24) is 24.3 Å². The van der Waals surface area contributed by atoms with Crippen molar-refractivity contribution in [3.8, 4) is 5.75 Å². The zero-order valence-corrected chi connectivity index (χ0v) is 22.2. The number of ether oxygens (including phenoxy) is 1. The van der Waals surface area contributed by atoms with Gasteiger partial charge in [-0.1, -0.05) is 12.1 Å². The number of carboxylic acids is 1. The number of benzene rings is 1. The predicted octanol–water partition coefficient (Wildman–Crippen LogP) is 1.13. The first kappa shape index (κ1) is 27.5. The fraction of sp³-hybridized carbons (Fsp3) is 0.455. The highest BCUT2D eigenvalue weighted by atomic mass is 32.2. The minimum absolute atomic E-state index is 0.0227. The highest BCUT2D eigenvalue weighted by molar-refractivity contribution is 8.02. The summed E-state index contributed by atoms with van der Waals surface area (Å²) < 4.78 is 33.2. The molecule has 2 heterocycles. The number of hydrogen-bond acceptors (Lipinski definition) is 8. The van der Waals surface area contributed by atoms with Gasteiger partial charge in [0.25, 0.3) is 10.0 Å². The molecule has 3 rings (SSSR count). The van der Waals surface area contributed by atoms with Crippen LogP contribution < -0.4 is 10.1 Å². The smallest absolute Gasteiger partial charge is 0.414 e. The average molecular weight is 540 g/mol. The molecule has 2 aromatic rings. The number of aliphatic carboxylic acids is 1. The lowest BCUT2D eigenvalue weighted by Gasteiger charge is -2.30. The summed E-state index contributed by atoms with van der Waals surface area (Å²) in [4.78, 5) is 38.2. The number of rotatable bonds is 8. The molecule has 1 aliphatic rings. The summed E-state index contributed by atoms with van der Waals surface area (Å²) >= 11 is 1.28. The lowest BCUT2D eigenvalue weighted by molar-refractivity contribution is -0.142. The molecule has 1 aliphatic heterocycles. The van der Waals surface area contributed by atoms with Gasteiger partial charge in [-0.2, -0.15) is 9.40 Å². The molecule has 14 heteroatoms. The SMILES string of the molecule is CN(C)C(=O)Oc1ccc(C[C@H](NC(=O)[C@H]2N(S(=O)(=O)c3ccn(C)n3)CSC2(C)C)C(=O)O)cc1. The van der Waals surface area contributed by atoms with Crippen molar-refractivity contribution >= 4 is 39.8 Å². The third-order valence-corrected chi connectivity index (χ3v) is 8.81. The number of amides is 2. The summed E-state index contributed by atoms with van der Waals surface area (Å²) in [6.07, 6.45) is 0.875. The third-order valence-electron chi connectivity index (χ3n) is 5.57. The summed E-state index contributed by atoms with van der Waals surface area (Å²) in [7, 11) is 0.585. The fourth-order valence-corrected chi connectivity index (χ4v) is 6.73. The second kappa shape index (κ2) is 10.5. The quantitative estimate of drug-likeness (QED) is 0.503. The largest absolute Gasteiger partial charge is 0.480 e. The maximum Gasteiger partial charge on any atom is 0.414 e. The van der Waals surface area contributed by atoms with E-state index in [-0.39, 0.29) is 23.1 Å². The number of sulfonamides is 1. The number of nitrogens with one attached hydrogen (secondary N) is 1. The Morgan fingerprint density at radius 3 is 2.42 bits per heavy atom. The van der Waals surface area contributed by atoms with Crippen molar-refractivity contribution in [3.05, 3.63) is 42.1 Å². The fourth-order valence-electron chi connectivity index (χ4n) is 3.61. The minimum atomic E-state index is -4.09. The van der Waals surface area contributed by atoms with E-state index >= 15 is 0 Å². The van der Waals surface area contributed by atoms with Crippen LogP contribution in [0, 0.1) is 0 Å². The van der Waals surface area contributed by atoms with Gasteiger partial charge in [0, 0.05) is 38.5 Å². The lowest BCUT2D eigenvalue weighted by Crippen LogP contribution is -2.56. The summed E-state index contributed by atoms with van der Waals surface area (Å²) in [5, 5.41) is 16.0. The molecule has 36 heavy (non-hydrogen) atoms. The topological polar surface area (TPSA) is 151 Å². The second-order valence-electron chi connectivity index (χ2n) is 9.01. The van der Waals surface area contributed by atoms with Crippen LogP contribution in [-0.4, -0.2) is 87.3 Å².